The van der Waals surface area contributed by atoms with Crippen LogP contribution in [-0.4, -0.2) is 23.2 Å². The predicted molar refractivity (Wildman–Crippen MR) is 95.5 cm³/mol. The summed E-state index contributed by atoms with van der Waals surface area (Å²) in [6.07, 6.45) is 5.41. The van der Waals surface area contributed by atoms with E-state index in [-0.39, 0.29) is 17.1 Å². The molecule has 2 aliphatic rings. The standard InChI is InChI=1S/C19H31BrO3/c1-6-23-17(22)15(20)16(21)12-7-8-13-14(11-12)19(4,5)10-9-18(13,2)3/h12-15H,6-11H2,1-5H3. The topological polar surface area (TPSA) is 43.4 Å². The lowest BCUT2D eigenvalue weighted by atomic mass is 9.49. The molecule has 2 fully saturated rings. The maximum absolute atomic E-state index is 12.7. The van der Waals surface area contributed by atoms with E-state index < -0.39 is 10.8 Å². The molecule has 0 aromatic rings. The van der Waals surface area contributed by atoms with Crippen molar-refractivity contribution in [3.05, 3.63) is 0 Å². The third-order valence-electron chi connectivity index (χ3n) is 6.42. The normalized spacial score (nSPS) is 33.4. The molecule has 0 amide bonds. The van der Waals surface area contributed by atoms with E-state index in [1.165, 1.54) is 12.8 Å². The zero-order valence-electron chi connectivity index (χ0n) is 15.2. The molecule has 2 aliphatic carbocycles. The van der Waals surface area contributed by atoms with Crippen LogP contribution in [0.1, 0.15) is 66.7 Å². The van der Waals surface area contributed by atoms with Crippen LogP contribution >= 0.6 is 15.9 Å². The minimum absolute atomic E-state index is 0.0149. The Bertz CT molecular complexity index is 469. The molecule has 4 heteroatoms. The van der Waals surface area contributed by atoms with Crippen molar-refractivity contribution in [3.63, 3.8) is 0 Å². The fraction of sp³-hybridized carbons (Fsp3) is 0.895. The molecule has 2 saturated carbocycles. The Labute approximate surface area is 149 Å². The SMILES string of the molecule is CCOC(=O)C(Br)C(=O)C1CCC2C(C1)C(C)(C)CCC2(C)C. The van der Waals surface area contributed by atoms with Gasteiger partial charge in [-0.1, -0.05) is 43.6 Å². The fourth-order valence-corrected chi connectivity index (χ4v) is 5.29. The smallest absolute Gasteiger partial charge is 0.327 e. The number of ketones is 1. The van der Waals surface area contributed by atoms with E-state index in [1.807, 2.05) is 0 Å². The van der Waals surface area contributed by atoms with Gasteiger partial charge in [0, 0.05) is 5.92 Å². The number of ether oxygens (including phenoxy) is 1. The number of hydrogen-bond donors (Lipinski definition) is 0. The van der Waals surface area contributed by atoms with Gasteiger partial charge in [-0.15, -0.1) is 0 Å². The molecular weight excluding hydrogens is 356 g/mol. The van der Waals surface area contributed by atoms with Gasteiger partial charge >= 0.3 is 5.97 Å². The second kappa shape index (κ2) is 6.85. The van der Waals surface area contributed by atoms with Crippen molar-refractivity contribution >= 4 is 27.7 Å². The number of carbonyl (C=O) groups excluding carboxylic acids is 2. The van der Waals surface area contributed by atoms with Gasteiger partial charge in [0.1, 0.15) is 0 Å². The van der Waals surface area contributed by atoms with Crippen LogP contribution < -0.4 is 0 Å². The first-order valence-corrected chi connectivity index (χ1v) is 9.86. The summed E-state index contributed by atoms with van der Waals surface area (Å²) in [7, 11) is 0. The van der Waals surface area contributed by atoms with Crippen molar-refractivity contribution in [1.82, 2.24) is 0 Å². The van der Waals surface area contributed by atoms with Crippen LogP contribution in [0.25, 0.3) is 0 Å². The number of halogens is 1. The molecule has 2 rings (SSSR count). The van der Waals surface area contributed by atoms with Gasteiger partial charge in [0.05, 0.1) is 6.61 Å². The van der Waals surface area contributed by atoms with E-state index in [1.54, 1.807) is 6.92 Å². The summed E-state index contributed by atoms with van der Waals surface area (Å²) in [5.74, 6) is 0.810. The summed E-state index contributed by atoms with van der Waals surface area (Å²) in [6.45, 7) is 11.5. The van der Waals surface area contributed by atoms with E-state index in [2.05, 4.69) is 43.6 Å². The van der Waals surface area contributed by atoms with E-state index in [9.17, 15) is 9.59 Å². The van der Waals surface area contributed by atoms with E-state index >= 15 is 0 Å². The highest BCUT2D eigenvalue weighted by atomic mass is 79.9. The Hall–Kier alpha value is -0.380. The first-order chi connectivity index (χ1) is 10.6. The Balaban J connectivity index is 2.11. The molecule has 4 atom stereocenters. The molecular formula is C19H31BrO3. The number of fused-ring (bicyclic) bond motifs is 1. The zero-order chi connectivity index (χ0) is 17.4. The summed E-state index contributed by atoms with van der Waals surface area (Å²) >= 11 is 3.26. The predicted octanol–water partition coefficient (Wildman–Crippen LogP) is 4.76. The monoisotopic (exact) mass is 386 g/mol. The number of Topliss-reactive ketones (excluding diaryl/α,β-unsaturated/α-hetero) is 1. The highest BCUT2D eigenvalue weighted by molar-refractivity contribution is 9.10. The molecule has 0 aromatic heterocycles. The summed E-state index contributed by atoms with van der Waals surface area (Å²) in [5.41, 5.74) is 0.647. The Morgan fingerprint density at radius 1 is 1.09 bits per heavy atom. The average molecular weight is 387 g/mol. The molecule has 3 nitrogen and oxygen atoms in total. The van der Waals surface area contributed by atoms with Crippen molar-refractivity contribution in [3.8, 4) is 0 Å². The Morgan fingerprint density at radius 3 is 2.22 bits per heavy atom. The number of hydrogen-bond acceptors (Lipinski definition) is 3. The minimum atomic E-state index is -0.802. The minimum Gasteiger partial charge on any atom is -0.465 e. The van der Waals surface area contributed by atoms with E-state index in [4.69, 9.17) is 4.74 Å². The maximum atomic E-state index is 12.7. The molecule has 0 saturated heterocycles. The van der Waals surface area contributed by atoms with Crippen molar-refractivity contribution in [2.75, 3.05) is 6.61 Å². The van der Waals surface area contributed by atoms with Gasteiger partial charge in [-0.2, -0.15) is 0 Å². The van der Waals surface area contributed by atoms with Gasteiger partial charge < -0.3 is 4.74 Å². The molecule has 0 aromatic carbocycles. The third kappa shape index (κ3) is 3.83. The second-order valence-electron chi connectivity index (χ2n) is 8.72. The highest BCUT2D eigenvalue weighted by Gasteiger charge is 2.51. The van der Waals surface area contributed by atoms with E-state index in [0.717, 1.165) is 19.3 Å². The number of esters is 1. The molecule has 0 heterocycles. The highest BCUT2D eigenvalue weighted by Crippen LogP contribution is 2.58. The molecule has 132 valence electrons. The molecule has 0 aliphatic heterocycles. The third-order valence-corrected chi connectivity index (χ3v) is 7.24. The van der Waals surface area contributed by atoms with Gasteiger partial charge in [0.25, 0.3) is 0 Å². The molecule has 23 heavy (non-hydrogen) atoms. The summed E-state index contributed by atoms with van der Waals surface area (Å²) in [5, 5.41) is 0. The molecule has 4 unspecified atom stereocenters. The lowest BCUT2D eigenvalue weighted by Crippen LogP contribution is -2.49. The van der Waals surface area contributed by atoms with Crippen molar-refractivity contribution in [1.29, 1.82) is 0 Å². The van der Waals surface area contributed by atoms with E-state index in [0.29, 0.717) is 23.9 Å². The lowest BCUT2D eigenvalue weighted by Gasteiger charge is -2.55. The van der Waals surface area contributed by atoms with Crippen LogP contribution in [0.3, 0.4) is 0 Å². The fourth-order valence-electron chi connectivity index (χ4n) is 4.78. The number of alkyl halides is 1. The van der Waals surface area contributed by atoms with Gasteiger partial charge in [-0.3, -0.25) is 9.59 Å². The lowest BCUT2D eigenvalue weighted by molar-refractivity contribution is -0.146. The Kier molecular flexibility index (Phi) is 5.65. The van der Waals surface area contributed by atoms with Crippen LogP contribution in [0.5, 0.6) is 0 Å². The molecule has 0 bridgehead atoms. The number of carbonyl (C=O) groups is 2. The van der Waals surface area contributed by atoms with Gasteiger partial charge in [-0.05, 0) is 61.7 Å². The quantitative estimate of drug-likeness (QED) is 0.397. The van der Waals surface area contributed by atoms with Crippen molar-refractivity contribution in [2.24, 2.45) is 28.6 Å². The zero-order valence-corrected chi connectivity index (χ0v) is 16.7. The summed E-state index contributed by atoms with van der Waals surface area (Å²) < 4.78 is 4.99. The Morgan fingerprint density at radius 2 is 1.65 bits per heavy atom. The van der Waals surface area contributed by atoms with Crippen LogP contribution in [0, 0.1) is 28.6 Å². The van der Waals surface area contributed by atoms with Crippen LogP contribution in [-0.2, 0) is 14.3 Å². The first kappa shape index (κ1) is 19.0. The maximum Gasteiger partial charge on any atom is 0.327 e. The summed E-state index contributed by atoms with van der Waals surface area (Å²) in [4.78, 5) is 23.8. The van der Waals surface area contributed by atoms with Crippen LogP contribution in [0.15, 0.2) is 0 Å². The van der Waals surface area contributed by atoms with Gasteiger partial charge in [0.2, 0.25) is 0 Å². The largest absolute Gasteiger partial charge is 0.465 e. The molecule has 0 radical (unpaired) electrons. The summed E-state index contributed by atoms with van der Waals surface area (Å²) in [6, 6.07) is 0. The molecule has 0 N–H and O–H groups in total. The van der Waals surface area contributed by atoms with Gasteiger partial charge in [0.15, 0.2) is 10.6 Å². The van der Waals surface area contributed by atoms with Crippen molar-refractivity contribution in [2.45, 2.75) is 71.5 Å². The van der Waals surface area contributed by atoms with Crippen LogP contribution in [0.2, 0.25) is 0 Å². The van der Waals surface area contributed by atoms with Crippen LogP contribution in [0.4, 0.5) is 0 Å². The van der Waals surface area contributed by atoms with Crippen molar-refractivity contribution < 1.29 is 14.3 Å². The second-order valence-corrected chi connectivity index (χ2v) is 9.63. The average Bonchev–Trinajstić information content (AvgIpc) is 2.50. The number of rotatable bonds is 4. The first-order valence-electron chi connectivity index (χ1n) is 8.94. The van der Waals surface area contributed by atoms with Gasteiger partial charge in [-0.25, -0.2) is 0 Å². The molecule has 0 spiro atoms.